The van der Waals surface area contributed by atoms with Gasteiger partial charge in [-0.1, -0.05) is 42.5 Å². The highest BCUT2D eigenvalue weighted by molar-refractivity contribution is 6.18. The van der Waals surface area contributed by atoms with E-state index in [9.17, 15) is 0 Å². The highest BCUT2D eigenvalue weighted by Crippen LogP contribution is 2.34. The van der Waals surface area contributed by atoms with Gasteiger partial charge in [0.25, 0.3) is 0 Å². The van der Waals surface area contributed by atoms with Gasteiger partial charge < -0.3 is 4.74 Å². The lowest BCUT2D eigenvalue weighted by molar-refractivity contribution is 0.212. The molecule has 1 nitrogen and oxygen atoms in total. The van der Waals surface area contributed by atoms with Gasteiger partial charge in [0, 0.05) is 18.2 Å². The van der Waals surface area contributed by atoms with E-state index in [0.29, 0.717) is 11.8 Å². The monoisotopic (exact) mass is 286 g/mol. The van der Waals surface area contributed by atoms with Gasteiger partial charge in [0.05, 0.1) is 0 Å². The van der Waals surface area contributed by atoms with E-state index in [1.54, 1.807) is 0 Å². The summed E-state index contributed by atoms with van der Waals surface area (Å²) in [4.78, 5) is 0. The van der Waals surface area contributed by atoms with Gasteiger partial charge in [0.2, 0.25) is 0 Å². The third kappa shape index (κ3) is 2.69. The molecule has 0 radical (unpaired) electrons. The molecule has 2 unspecified atom stereocenters. The zero-order valence-electron chi connectivity index (χ0n) is 11.7. The van der Waals surface area contributed by atoms with Crippen LogP contribution in [0.3, 0.4) is 0 Å². The van der Waals surface area contributed by atoms with Crippen molar-refractivity contribution in [2.24, 2.45) is 0 Å². The standard InChI is InChI=1S/C18H19ClO/c1-13-6-2-4-8-17(13)15(12-19)11-16-10-14-7-3-5-9-18(14)20-16/h2-9,15-16H,10-12H2,1H3. The molecule has 2 aromatic carbocycles. The molecule has 0 N–H and O–H groups in total. The Labute approximate surface area is 125 Å². The number of alkyl halides is 1. The summed E-state index contributed by atoms with van der Waals surface area (Å²) in [5, 5.41) is 0. The summed E-state index contributed by atoms with van der Waals surface area (Å²) >= 11 is 6.21. The number of hydrogen-bond donors (Lipinski definition) is 0. The number of ether oxygens (including phenoxy) is 1. The Kier molecular flexibility index (Phi) is 3.98. The third-order valence-electron chi connectivity index (χ3n) is 4.08. The van der Waals surface area contributed by atoms with Crippen molar-refractivity contribution < 1.29 is 4.74 Å². The van der Waals surface area contributed by atoms with E-state index in [0.717, 1.165) is 18.6 Å². The first kappa shape index (κ1) is 13.5. The number of hydrogen-bond acceptors (Lipinski definition) is 1. The Morgan fingerprint density at radius 1 is 1.15 bits per heavy atom. The average molecular weight is 287 g/mol. The van der Waals surface area contributed by atoms with Crippen molar-refractivity contribution in [3.8, 4) is 5.75 Å². The molecule has 2 atom stereocenters. The van der Waals surface area contributed by atoms with Crippen molar-refractivity contribution in [2.75, 3.05) is 5.88 Å². The molecule has 0 saturated carbocycles. The van der Waals surface area contributed by atoms with Gasteiger partial charge in [-0.3, -0.25) is 0 Å². The Morgan fingerprint density at radius 2 is 1.90 bits per heavy atom. The molecule has 0 aromatic heterocycles. The summed E-state index contributed by atoms with van der Waals surface area (Å²) in [7, 11) is 0. The lowest BCUT2D eigenvalue weighted by Gasteiger charge is -2.20. The van der Waals surface area contributed by atoms with Gasteiger partial charge in [-0.15, -0.1) is 11.6 Å². The van der Waals surface area contributed by atoms with E-state index in [2.05, 4.69) is 49.4 Å². The van der Waals surface area contributed by atoms with Gasteiger partial charge in [0.1, 0.15) is 11.9 Å². The molecule has 1 aliphatic heterocycles. The van der Waals surface area contributed by atoms with Crippen LogP contribution in [0.2, 0.25) is 0 Å². The van der Waals surface area contributed by atoms with Gasteiger partial charge in [0.15, 0.2) is 0 Å². The molecule has 20 heavy (non-hydrogen) atoms. The van der Waals surface area contributed by atoms with Crippen LogP contribution in [0.1, 0.15) is 29.0 Å². The number of para-hydroxylation sites is 1. The van der Waals surface area contributed by atoms with E-state index < -0.39 is 0 Å². The number of rotatable bonds is 4. The summed E-state index contributed by atoms with van der Waals surface area (Å²) in [6.45, 7) is 2.15. The fraction of sp³-hybridized carbons (Fsp3) is 0.333. The maximum atomic E-state index is 6.21. The molecule has 0 bridgehead atoms. The number of aryl methyl sites for hydroxylation is 1. The molecule has 0 amide bonds. The predicted molar refractivity (Wildman–Crippen MR) is 83.8 cm³/mol. The van der Waals surface area contributed by atoms with Crippen molar-refractivity contribution >= 4 is 11.6 Å². The second kappa shape index (κ2) is 5.88. The second-order valence-corrected chi connectivity index (χ2v) is 5.80. The summed E-state index contributed by atoms with van der Waals surface area (Å²) in [5.74, 6) is 2.04. The molecule has 2 aromatic rings. The Morgan fingerprint density at radius 3 is 2.65 bits per heavy atom. The molecule has 0 spiro atoms. The largest absolute Gasteiger partial charge is 0.490 e. The van der Waals surface area contributed by atoms with E-state index in [1.807, 2.05) is 6.07 Å². The highest BCUT2D eigenvalue weighted by Gasteiger charge is 2.26. The molecule has 0 fully saturated rings. The minimum Gasteiger partial charge on any atom is -0.490 e. The van der Waals surface area contributed by atoms with Crippen LogP contribution in [-0.4, -0.2) is 12.0 Å². The van der Waals surface area contributed by atoms with Crippen molar-refractivity contribution in [3.63, 3.8) is 0 Å². The number of benzene rings is 2. The summed E-state index contributed by atoms with van der Waals surface area (Å²) in [5.41, 5.74) is 3.98. The van der Waals surface area contributed by atoms with Gasteiger partial charge in [-0.2, -0.15) is 0 Å². The van der Waals surface area contributed by atoms with Crippen molar-refractivity contribution in [1.29, 1.82) is 0 Å². The fourth-order valence-corrected chi connectivity index (χ4v) is 3.31. The van der Waals surface area contributed by atoms with E-state index in [1.165, 1.54) is 16.7 Å². The summed E-state index contributed by atoms with van der Waals surface area (Å²) in [6.07, 6.45) is 2.22. The smallest absolute Gasteiger partial charge is 0.123 e. The molecule has 0 saturated heterocycles. The van der Waals surface area contributed by atoms with Gasteiger partial charge in [-0.05, 0) is 36.1 Å². The molecule has 2 heteroatoms. The molecule has 1 heterocycles. The van der Waals surface area contributed by atoms with Crippen molar-refractivity contribution in [3.05, 3.63) is 65.2 Å². The van der Waals surface area contributed by atoms with Gasteiger partial charge in [-0.25, -0.2) is 0 Å². The van der Waals surface area contributed by atoms with Crippen LogP contribution in [0.5, 0.6) is 5.75 Å². The first-order valence-electron chi connectivity index (χ1n) is 7.14. The SMILES string of the molecule is Cc1ccccc1C(CCl)CC1Cc2ccccc2O1. The quantitative estimate of drug-likeness (QED) is 0.740. The maximum Gasteiger partial charge on any atom is 0.123 e. The fourth-order valence-electron chi connectivity index (χ4n) is 3.02. The van der Waals surface area contributed by atoms with E-state index >= 15 is 0 Å². The minimum atomic E-state index is 0.246. The normalized spacial score (nSPS) is 18.4. The molecule has 1 aliphatic rings. The Balaban J connectivity index is 1.73. The zero-order valence-corrected chi connectivity index (χ0v) is 12.4. The lowest BCUT2D eigenvalue weighted by atomic mass is 9.90. The maximum absolute atomic E-state index is 6.21. The zero-order chi connectivity index (χ0) is 13.9. The molecular weight excluding hydrogens is 268 g/mol. The summed E-state index contributed by atoms with van der Waals surface area (Å²) < 4.78 is 6.04. The number of fused-ring (bicyclic) bond motifs is 1. The molecule has 3 rings (SSSR count). The van der Waals surface area contributed by atoms with Crippen LogP contribution >= 0.6 is 11.6 Å². The van der Waals surface area contributed by atoms with Crippen LogP contribution in [0.25, 0.3) is 0 Å². The second-order valence-electron chi connectivity index (χ2n) is 5.50. The van der Waals surface area contributed by atoms with Crippen molar-refractivity contribution in [2.45, 2.75) is 31.8 Å². The highest BCUT2D eigenvalue weighted by atomic mass is 35.5. The first-order chi connectivity index (χ1) is 9.78. The van der Waals surface area contributed by atoms with Crippen LogP contribution in [-0.2, 0) is 6.42 Å². The molecule has 104 valence electrons. The van der Waals surface area contributed by atoms with Crippen LogP contribution < -0.4 is 4.74 Å². The molecular formula is C18H19ClO. The minimum absolute atomic E-state index is 0.246. The molecule has 0 aliphatic carbocycles. The topological polar surface area (TPSA) is 9.23 Å². The van der Waals surface area contributed by atoms with Crippen molar-refractivity contribution in [1.82, 2.24) is 0 Å². The Hall–Kier alpha value is -1.47. The summed E-state index contributed by atoms with van der Waals surface area (Å²) in [6, 6.07) is 16.8. The van der Waals surface area contributed by atoms with Crippen LogP contribution in [0.15, 0.2) is 48.5 Å². The third-order valence-corrected chi connectivity index (χ3v) is 4.45. The van der Waals surface area contributed by atoms with E-state index in [4.69, 9.17) is 16.3 Å². The predicted octanol–water partition coefficient (Wildman–Crippen LogP) is 4.71. The van der Waals surface area contributed by atoms with Gasteiger partial charge >= 0.3 is 0 Å². The first-order valence-corrected chi connectivity index (χ1v) is 7.67. The van der Waals surface area contributed by atoms with E-state index in [-0.39, 0.29) is 6.10 Å². The average Bonchev–Trinajstić information content (AvgIpc) is 2.88. The number of halogens is 1. The van der Waals surface area contributed by atoms with Crippen LogP contribution in [0.4, 0.5) is 0 Å². The Bertz CT molecular complexity index is 568. The lowest BCUT2D eigenvalue weighted by Crippen LogP contribution is -2.18. The van der Waals surface area contributed by atoms with Crippen LogP contribution in [0, 0.1) is 6.92 Å².